The zero-order chi connectivity index (χ0) is 11.7. The smallest absolute Gasteiger partial charge is 0.133 e. The molecule has 0 amide bonds. The van der Waals surface area contributed by atoms with Crippen molar-refractivity contribution < 1.29 is 0 Å². The maximum Gasteiger partial charge on any atom is 0.133 e. The van der Waals surface area contributed by atoms with Gasteiger partial charge in [0.05, 0.1) is 10.6 Å². The number of rotatable bonds is 2. The molecule has 17 heavy (non-hydrogen) atoms. The molecule has 0 aliphatic carbocycles. The molecule has 1 fully saturated rings. The van der Waals surface area contributed by atoms with Crippen molar-refractivity contribution >= 4 is 11.3 Å². The van der Waals surface area contributed by atoms with E-state index >= 15 is 0 Å². The van der Waals surface area contributed by atoms with Gasteiger partial charge in [-0.2, -0.15) is 0 Å². The number of thiophene rings is 1. The van der Waals surface area contributed by atoms with Crippen LogP contribution in [0.2, 0.25) is 0 Å². The van der Waals surface area contributed by atoms with Gasteiger partial charge in [-0.1, -0.05) is 0 Å². The molecule has 0 saturated carbocycles. The summed E-state index contributed by atoms with van der Waals surface area (Å²) in [5.41, 5.74) is 2.36. The van der Waals surface area contributed by atoms with Crippen LogP contribution in [0.15, 0.2) is 23.7 Å². The van der Waals surface area contributed by atoms with E-state index in [-0.39, 0.29) is 0 Å². The maximum atomic E-state index is 4.72. The Hall–Kier alpha value is -1.26. The van der Waals surface area contributed by atoms with Crippen LogP contribution in [0.1, 0.15) is 23.7 Å². The molecule has 0 bridgehead atoms. The van der Waals surface area contributed by atoms with E-state index in [1.807, 2.05) is 12.3 Å². The molecule has 0 spiro atoms. The van der Waals surface area contributed by atoms with Crippen molar-refractivity contribution in [1.82, 2.24) is 15.3 Å². The van der Waals surface area contributed by atoms with Gasteiger partial charge < -0.3 is 5.32 Å². The molecule has 4 heteroatoms. The molecule has 1 aliphatic heterocycles. The summed E-state index contributed by atoms with van der Waals surface area (Å²) in [5.74, 6) is 1.47. The molecule has 1 aliphatic rings. The van der Waals surface area contributed by atoms with Gasteiger partial charge >= 0.3 is 0 Å². The van der Waals surface area contributed by atoms with E-state index < -0.39 is 0 Å². The van der Waals surface area contributed by atoms with E-state index in [0.717, 1.165) is 31.0 Å². The van der Waals surface area contributed by atoms with Crippen LogP contribution in [0, 0.1) is 6.92 Å². The first-order valence-corrected chi connectivity index (χ1v) is 6.80. The molecule has 3 nitrogen and oxygen atoms in total. The van der Waals surface area contributed by atoms with Crippen LogP contribution in [0.25, 0.3) is 10.6 Å². The lowest BCUT2D eigenvalue weighted by molar-refractivity contribution is 0.703. The van der Waals surface area contributed by atoms with Crippen molar-refractivity contribution in [3.8, 4) is 10.6 Å². The van der Waals surface area contributed by atoms with Crippen LogP contribution in [0.4, 0.5) is 0 Å². The molecule has 88 valence electrons. The number of aromatic nitrogens is 2. The average Bonchev–Trinajstić information content (AvgIpc) is 2.99. The molecule has 2 aromatic rings. The normalized spacial score (nSPS) is 19.7. The van der Waals surface area contributed by atoms with Crippen molar-refractivity contribution in [3.05, 3.63) is 35.1 Å². The van der Waals surface area contributed by atoms with Gasteiger partial charge in [-0.25, -0.2) is 9.97 Å². The molecule has 3 rings (SSSR count). The molecule has 0 radical (unpaired) electrons. The third-order valence-corrected chi connectivity index (χ3v) is 4.23. The second kappa shape index (κ2) is 4.55. The minimum atomic E-state index is 0.482. The topological polar surface area (TPSA) is 37.8 Å². The summed E-state index contributed by atoms with van der Waals surface area (Å²) < 4.78 is 0. The largest absolute Gasteiger partial charge is 0.316 e. The SMILES string of the molecule is Cc1ccsc1-c1ccnc(C2CCNC2)n1. The standard InChI is InChI=1S/C13H15N3S/c1-9-4-7-17-12(9)11-3-6-15-13(16-11)10-2-5-14-8-10/h3-4,6-7,10,14H,2,5,8H2,1H3. The fourth-order valence-corrected chi connectivity index (χ4v) is 3.10. The third kappa shape index (κ3) is 2.10. The summed E-state index contributed by atoms with van der Waals surface area (Å²) in [7, 11) is 0. The van der Waals surface area contributed by atoms with E-state index in [1.165, 1.54) is 10.4 Å². The molecule has 1 saturated heterocycles. The number of nitrogens with zero attached hydrogens (tertiary/aromatic N) is 2. The van der Waals surface area contributed by atoms with E-state index in [2.05, 4.69) is 28.7 Å². The second-order valence-corrected chi connectivity index (χ2v) is 5.34. The Kier molecular flexibility index (Phi) is 2.91. The average molecular weight is 245 g/mol. The van der Waals surface area contributed by atoms with Crippen molar-refractivity contribution in [2.24, 2.45) is 0 Å². The first-order valence-electron chi connectivity index (χ1n) is 5.93. The maximum absolute atomic E-state index is 4.72. The van der Waals surface area contributed by atoms with Gasteiger partial charge in [-0.15, -0.1) is 11.3 Å². The van der Waals surface area contributed by atoms with Crippen molar-refractivity contribution in [2.45, 2.75) is 19.3 Å². The third-order valence-electron chi connectivity index (χ3n) is 3.19. The van der Waals surface area contributed by atoms with Gasteiger partial charge in [-0.05, 0) is 43.0 Å². The number of nitrogens with one attached hydrogen (secondary N) is 1. The van der Waals surface area contributed by atoms with Gasteiger partial charge in [0.1, 0.15) is 5.82 Å². The minimum Gasteiger partial charge on any atom is -0.316 e. The van der Waals surface area contributed by atoms with Gasteiger partial charge in [0.25, 0.3) is 0 Å². The first kappa shape index (κ1) is 10.9. The highest BCUT2D eigenvalue weighted by molar-refractivity contribution is 7.13. The molecule has 1 N–H and O–H groups in total. The zero-order valence-electron chi connectivity index (χ0n) is 9.81. The molecular formula is C13H15N3S. The summed E-state index contributed by atoms with van der Waals surface area (Å²) in [5, 5.41) is 5.47. The Morgan fingerprint density at radius 2 is 2.35 bits per heavy atom. The monoisotopic (exact) mass is 245 g/mol. The number of hydrogen-bond donors (Lipinski definition) is 1. The minimum absolute atomic E-state index is 0.482. The van der Waals surface area contributed by atoms with Crippen LogP contribution in [0.5, 0.6) is 0 Å². The second-order valence-electron chi connectivity index (χ2n) is 4.42. The lowest BCUT2D eigenvalue weighted by Crippen LogP contribution is -2.10. The molecule has 0 aromatic carbocycles. The quantitative estimate of drug-likeness (QED) is 0.883. The fraction of sp³-hybridized carbons (Fsp3) is 0.385. The Morgan fingerprint density at radius 3 is 3.06 bits per heavy atom. The highest BCUT2D eigenvalue weighted by Crippen LogP contribution is 2.28. The summed E-state index contributed by atoms with van der Waals surface area (Å²) in [6, 6.07) is 4.14. The lowest BCUT2D eigenvalue weighted by Gasteiger charge is -2.08. The van der Waals surface area contributed by atoms with Gasteiger partial charge in [0.2, 0.25) is 0 Å². The van der Waals surface area contributed by atoms with E-state index in [9.17, 15) is 0 Å². The van der Waals surface area contributed by atoms with Crippen LogP contribution < -0.4 is 5.32 Å². The Balaban J connectivity index is 1.96. The Labute approximate surface area is 105 Å². The fourth-order valence-electron chi connectivity index (χ4n) is 2.21. The summed E-state index contributed by atoms with van der Waals surface area (Å²) in [4.78, 5) is 10.4. The molecular weight excluding hydrogens is 230 g/mol. The van der Waals surface area contributed by atoms with Gasteiger partial charge in [0.15, 0.2) is 0 Å². The van der Waals surface area contributed by atoms with E-state index in [4.69, 9.17) is 4.98 Å². The molecule has 3 heterocycles. The summed E-state index contributed by atoms with van der Waals surface area (Å²) in [6.07, 6.45) is 3.03. The summed E-state index contributed by atoms with van der Waals surface area (Å²) >= 11 is 1.75. The first-order chi connectivity index (χ1) is 8.34. The highest BCUT2D eigenvalue weighted by Gasteiger charge is 2.19. The molecule has 1 atom stereocenters. The summed E-state index contributed by atoms with van der Waals surface area (Å²) in [6.45, 7) is 4.22. The van der Waals surface area contributed by atoms with Crippen LogP contribution >= 0.6 is 11.3 Å². The van der Waals surface area contributed by atoms with Crippen molar-refractivity contribution in [2.75, 3.05) is 13.1 Å². The zero-order valence-corrected chi connectivity index (χ0v) is 10.6. The van der Waals surface area contributed by atoms with E-state index in [1.54, 1.807) is 11.3 Å². The van der Waals surface area contributed by atoms with Crippen LogP contribution in [0.3, 0.4) is 0 Å². The number of hydrogen-bond acceptors (Lipinski definition) is 4. The highest BCUT2D eigenvalue weighted by atomic mass is 32.1. The lowest BCUT2D eigenvalue weighted by atomic mass is 10.1. The van der Waals surface area contributed by atoms with E-state index in [0.29, 0.717) is 5.92 Å². The predicted molar refractivity (Wildman–Crippen MR) is 70.3 cm³/mol. The van der Waals surface area contributed by atoms with Crippen LogP contribution in [-0.2, 0) is 0 Å². The Morgan fingerprint density at radius 1 is 1.41 bits per heavy atom. The predicted octanol–water partition coefficient (Wildman–Crippen LogP) is 2.59. The van der Waals surface area contributed by atoms with Crippen LogP contribution in [-0.4, -0.2) is 23.1 Å². The van der Waals surface area contributed by atoms with Crippen molar-refractivity contribution in [1.29, 1.82) is 0 Å². The Bertz CT molecular complexity index is 515. The van der Waals surface area contributed by atoms with Gasteiger partial charge in [-0.3, -0.25) is 0 Å². The molecule has 2 aromatic heterocycles. The van der Waals surface area contributed by atoms with Gasteiger partial charge in [0, 0.05) is 18.7 Å². The molecule has 1 unspecified atom stereocenters. The number of aryl methyl sites for hydroxylation is 1. The van der Waals surface area contributed by atoms with Crippen molar-refractivity contribution in [3.63, 3.8) is 0 Å².